The minimum absolute atomic E-state index is 0.0326. The maximum absolute atomic E-state index is 12.5. The maximum atomic E-state index is 12.5. The maximum Gasteiger partial charge on any atom is 0.264 e. The smallest absolute Gasteiger partial charge is 0.264 e. The van der Waals surface area contributed by atoms with Crippen LogP contribution in [0.4, 0.5) is 11.5 Å². The lowest BCUT2D eigenvalue weighted by Crippen LogP contribution is -2.30. The number of fused-ring (bicyclic) bond motifs is 1. The minimum Gasteiger partial charge on any atom is -0.366 e. The highest BCUT2D eigenvalue weighted by atomic mass is 35.5. The van der Waals surface area contributed by atoms with Gasteiger partial charge in [0.25, 0.3) is 10.0 Å². The van der Waals surface area contributed by atoms with Crippen molar-refractivity contribution in [1.29, 1.82) is 0 Å². The number of hydrogen-bond acceptors (Lipinski definition) is 4. The molecule has 1 aliphatic heterocycles. The number of anilines is 2. The lowest BCUT2D eigenvalue weighted by molar-refractivity contribution is 0.601. The summed E-state index contributed by atoms with van der Waals surface area (Å²) in [6.45, 7) is 1.73. The molecule has 2 heterocycles. The minimum atomic E-state index is -3.78. The van der Waals surface area contributed by atoms with Gasteiger partial charge in [0.15, 0.2) is 0 Å². The van der Waals surface area contributed by atoms with E-state index in [1.165, 1.54) is 17.2 Å². The molecule has 7 heteroatoms. The highest BCUT2D eigenvalue weighted by molar-refractivity contribution is 7.92. The van der Waals surface area contributed by atoms with Crippen LogP contribution in [-0.4, -0.2) is 19.9 Å². The van der Waals surface area contributed by atoms with Crippen molar-refractivity contribution in [2.24, 2.45) is 0 Å². The van der Waals surface area contributed by atoms with Crippen molar-refractivity contribution in [3.63, 3.8) is 0 Å². The van der Waals surface area contributed by atoms with Gasteiger partial charge in [0.2, 0.25) is 0 Å². The third-order valence-electron chi connectivity index (χ3n) is 4.61. The van der Waals surface area contributed by atoms with Crippen LogP contribution in [0, 0.1) is 0 Å². The molecule has 4 rings (SSSR count). The van der Waals surface area contributed by atoms with Gasteiger partial charge in [0.05, 0.1) is 16.9 Å². The van der Waals surface area contributed by atoms with E-state index in [0.717, 1.165) is 25.2 Å². The van der Waals surface area contributed by atoms with Crippen LogP contribution in [0.3, 0.4) is 0 Å². The molecule has 27 heavy (non-hydrogen) atoms. The van der Waals surface area contributed by atoms with E-state index < -0.39 is 10.0 Å². The fourth-order valence-corrected chi connectivity index (χ4v) is 4.73. The van der Waals surface area contributed by atoms with E-state index in [4.69, 9.17) is 11.6 Å². The molecule has 2 aromatic carbocycles. The number of pyridine rings is 1. The first-order chi connectivity index (χ1) is 13.0. The molecule has 0 aliphatic carbocycles. The van der Waals surface area contributed by atoms with Crippen LogP contribution >= 0.6 is 11.6 Å². The number of rotatable bonds is 4. The summed E-state index contributed by atoms with van der Waals surface area (Å²) < 4.78 is 27.5. The molecule has 0 saturated carbocycles. The van der Waals surface area contributed by atoms with Gasteiger partial charge < -0.3 is 4.90 Å². The number of nitrogens with one attached hydrogen (secondary N) is 1. The SMILES string of the molecule is O=S(=O)(Nc1ccc(N2CCc3ccccc3C2)cn1)c1ccccc1Cl. The second-order valence-electron chi connectivity index (χ2n) is 6.38. The molecule has 3 aromatic rings. The lowest BCUT2D eigenvalue weighted by atomic mass is 10.00. The van der Waals surface area contributed by atoms with Gasteiger partial charge >= 0.3 is 0 Å². The van der Waals surface area contributed by atoms with Gasteiger partial charge in [-0.05, 0) is 41.8 Å². The Kier molecular flexibility index (Phi) is 4.76. The Morgan fingerprint density at radius 3 is 2.44 bits per heavy atom. The third kappa shape index (κ3) is 3.77. The first-order valence-electron chi connectivity index (χ1n) is 8.58. The van der Waals surface area contributed by atoms with E-state index in [2.05, 4.69) is 32.8 Å². The molecule has 0 unspecified atom stereocenters. The number of halogens is 1. The summed E-state index contributed by atoms with van der Waals surface area (Å²) in [6.07, 6.45) is 2.68. The summed E-state index contributed by atoms with van der Waals surface area (Å²) >= 11 is 6.00. The van der Waals surface area contributed by atoms with E-state index in [-0.39, 0.29) is 15.7 Å². The zero-order valence-corrected chi connectivity index (χ0v) is 16.0. The van der Waals surface area contributed by atoms with E-state index in [9.17, 15) is 8.42 Å². The fraction of sp³-hybridized carbons (Fsp3) is 0.150. The van der Waals surface area contributed by atoms with Crippen LogP contribution in [0.2, 0.25) is 5.02 Å². The summed E-state index contributed by atoms with van der Waals surface area (Å²) in [5, 5.41) is 0.175. The van der Waals surface area contributed by atoms with E-state index in [1.807, 2.05) is 12.1 Å². The number of aromatic nitrogens is 1. The van der Waals surface area contributed by atoms with Gasteiger partial charge in [-0.3, -0.25) is 4.72 Å². The molecule has 0 fully saturated rings. The summed E-state index contributed by atoms with van der Waals surface area (Å²) in [7, 11) is -3.78. The number of benzene rings is 2. The summed E-state index contributed by atoms with van der Waals surface area (Å²) in [6, 6.07) is 18.3. The van der Waals surface area contributed by atoms with Crippen molar-refractivity contribution < 1.29 is 8.42 Å². The van der Waals surface area contributed by atoms with E-state index in [1.54, 1.807) is 30.5 Å². The second-order valence-corrected chi connectivity index (χ2v) is 8.44. The summed E-state index contributed by atoms with van der Waals surface area (Å²) in [5.41, 5.74) is 3.66. The first-order valence-corrected chi connectivity index (χ1v) is 10.4. The molecule has 1 aromatic heterocycles. The van der Waals surface area contributed by atoms with Gasteiger partial charge in [0, 0.05) is 13.1 Å². The Bertz CT molecular complexity index is 1070. The zero-order valence-electron chi connectivity index (χ0n) is 14.5. The zero-order chi connectivity index (χ0) is 18.9. The largest absolute Gasteiger partial charge is 0.366 e. The Morgan fingerprint density at radius 2 is 1.70 bits per heavy atom. The third-order valence-corrected chi connectivity index (χ3v) is 6.46. The molecule has 5 nitrogen and oxygen atoms in total. The van der Waals surface area contributed by atoms with Gasteiger partial charge in [0.1, 0.15) is 10.7 Å². The number of nitrogens with zero attached hydrogens (tertiary/aromatic N) is 2. The molecular formula is C20H18ClN3O2S. The molecule has 0 spiro atoms. The summed E-state index contributed by atoms with van der Waals surface area (Å²) in [4.78, 5) is 6.55. The molecule has 1 aliphatic rings. The first kappa shape index (κ1) is 17.8. The van der Waals surface area contributed by atoms with Crippen LogP contribution in [0.25, 0.3) is 0 Å². The topological polar surface area (TPSA) is 62.3 Å². The highest BCUT2D eigenvalue weighted by Crippen LogP contribution is 2.26. The van der Waals surface area contributed by atoms with Crippen molar-refractivity contribution in [1.82, 2.24) is 4.98 Å². The predicted molar refractivity (Wildman–Crippen MR) is 108 cm³/mol. The molecule has 0 atom stereocenters. The number of sulfonamides is 1. The quantitative estimate of drug-likeness (QED) is 0.717. The van der Waals surface area contributed by atoms with E-state index >= 15 is 0 Å². The van der Waals surface area contributed by atoms with Crippen molar-refractivity contribution in [3.8, 4) is 0 Å². The van der Waals surface area contributed by atoms with Gasteiger partial charge in [-0.25, -0.2) is 13.4 Å². The van der Waals surface area contributed by atoms with Gasteiger partial charge in [-0.2, -0.15) is 0 Å². The molecule has 0 bridgehead atoms. The second kappa shape index (κ2) is 7.21. The normalized spacial score (nSPS) is 13.9. The Balaban J connectivity index is 1.51. The van der Waals surface area contributed by atoms with Gasteiger partial charge in [-0.15, -0.1) is 0 Å². The number of hydrogen-bond donors (Lipinski definition) is 1. The van der Waals surface area contributed by atoms with E-state index in [0.29, 0.717) is 0 Å². The van der Waals surface area contributed by atoms with Crippen molar-refractivity contribution in [2.45, 2.75) is 17.9 Å². The molecule has 0 amide bonds. The predicted octanol–water partition coefficient (Wildman–Crippen LogP) is 4.10. The fourth-order valence-electron chi connectivity index (χ4n) is 3.20. The van der Waals surface area contributed by atoms with Crippen LogP contribution in [0.15, 0.2) is 71.8 Å². The molecule has 1 N–H and O–H groups in total. The molecule has 0 saturated heterocycles. The van der Waals surface area contributed by atoms with Crippen LogP contribution in [0.5, 0.6) is 0 Å². The van der Waals surface area contributed by atoms with Gasteiger partial charge in [-0.1, -0.05) is 48.0 Å². The lowest BCUT2D eigenvalue weighted by Gasteiger charge is -2.30. The molecule has 0 radical (unpaired) electrons. The van der Waals surface area contributed by atoms with Crippen molar-refractivity contribution in [3.05, 3.63) is 83.0 Å². The summed E-state index contributed by atoms with van der Waals surface area (Å²) in [5.74, 6) is 0.260. The average Bonchev–Trinajstić information content (AvgIpc) is 2.68. The Morgan fingerprint density at radius 1 is 0.963 bits per heavy atom. The molecule has 138 valence electrons. The Labute approximate surface area is 163 Å². The van der Waals surface area contributed by atoms with Crippen LogP contribution in [-0.2, 0) is 23.0 Å². The standard InChI is InChI=1S/C20H18ClN3O2S/c21-18-7-3-4-8-19(18)27(25,26)23-20-10-9-17(13-22-20)24-12-11-15-5-1-2-6-16(15)14-24/h1-10,13H,11-12,14H2,(H,22,23). The van der Waals surface area contributed by atoms with Crippen LogP contribution in [0.1, 0.15) is 11.1 Å². The molecular weight excluding hydrogens is 382 g/mol. The Hall–Kier alpha value is -2.57. The highest BCUT2D eigenvalue weighted by Gasteiger charge is 2.19. The van der Waals surface area contributed by atoms with Crippen molar-refractivity contribution >= 4 is 33.1 Å². The average molecular weight is 400 g/mol. The van der Waals surface area contributed by atoms with Crippen LogP contribution < -0.4 is 9.62 Å². The van der Waals surface area contributed by atoms with Crippen molar-refractivity contribution in [2.75, 3.05) is 16.2 Å². The monoisotopic (exact) mass is 399 g/mol.